The lowest BCUT2D eigenvalue weighted by molar-refractivity contribution is -0.133. The minimum Gasteiger partial charge on any atom is -0.490 e. The summed E-state index contributed by atoms with van der Waals surface area (Å²) in [6.07, 6.45) is 0.0554. The molecule has 2 aromatic heterocycles. The molecular weight excluding hydrogens is 436 g/mol. The molecule has 0 spiro atoms. The Kier molecular flexibility index (Phi) is 6.04. The van der Waals surface area contributed by atoms with Crippen molar-refractivity contribution in [3.63, 3.8) is 0 Å². The number of nitriles is 1. The average molecular weight is 449 g/mol. The van der Waals surface area contributed by atoms with Gasteiger partial charge in [-0.05, 0) is 40.4 Å². The molecule has 0 saturated heterocycles. The summed E-state index contributed by atoms with van der Waals surface area (Å²) in [7, 11) is 0. The molecule has 3 aromatic rings. The molecule has 0 aliphatic rings. The number of hydrogen-bond donors (Lipinski definition) is 0. The second-order valence-corrected chi connectivity index (χ2v) is 7.76. The summed E-state index contributed by atoms with van der Waals surface area (Å²) in [5.74, 6) is 0.174. The molecule has 8 heteroatoms. The monoisotopic (exact) mass is 448 g/mol. The van der Waals surface area contributed by atoms with Crippen LogP contribution in [0.1, 0.15) is 18.2 Å². The van der Waals surface area contributed by atoms with Crippen LogP contribution in [0.4, 0.5) is 0 Å². The van der Waals surface area contributed by atoms with Crippen LogP contribution >= 0.6 is 38.6 Å². The Bertz CT molecular complexity index is 961. The average Bonchev–Trinajstić information content (AvgIpc) is 3.29. The van der Waals surface area contributed by atoms with Gasteiger partial charge in [0.1, 0.15) is 5.01 Å². The minimum absolute atomic E-state index is 0.0554. The predicted molar refractivity (Wildman–Crippen MR) is 105 cm³/mol. The SMILES string of the molecule is CCOc1cc(C#N)cc(Br)c1OC(=O)Cc1csc(-c2cccs2)n1. The maximum absolute atomic E-state index is 12.3. The summed E-state index contributed by atoms with van der Waals surface area (Å²) in [6, 6.07) is 9.14. The van der Waals surface area contributed by atoms with Gasteiger partial charge in [-0.15, -0.1) is 22.7 Å². The number of thiophene rings is 1. The van der Waals surface area contributed by atoms with Crippen molar-refractivity contribution in [3.05, 3.63) is 50.8 Å². The maximum Gasteiger partial charge on any atom is 0.317 e. The van der Waals surface area contributed by atoms with E-state index in [1.807, 2.05) is 35.9 Å². The molecule has 0 saturated carbocycles. The summed E-state index contributed by atoms with van der Waals surface area (Å²) < 4.78 is 11.5. The zero-order valence-electron chi connectivity index (χ0n) is 13.7. The zero-order chi connectivity index (χ0) is 18.5. The lowest BCUT2D eigenvalue weighted by atomic mass is 10.2. The van der Waals surface area contributed by atoms with Gasteiger partial charge in [-0.2, -0.15) is 5.26 Å². The van der Waals surface area contributed by atoms with Crippen molar-refractivity contribution in [3.8, 4) is 27.5 Å². The first kappa shape index (κ1) is 18.6. The fraction of sp³-hybridized carbons (Fsp3) is 0.167. The van der Waals surface area contributed by atoms with Crippen LogP contribution in [0.3, 0.4) is 0 Å². The largest absolute Gasteiger partial charge is 0.490 e. The smallest absolute Gasteiger partial charge is 0.317 e. The van der Waals surface area contributed by atoms with E-state index in [0.29, 0.717) is 28.1 Å². The minimum atomic E-state index is -0.445. The highest BCUT2D eigenvalue weighted by Gasteiger charge is 2.18. The number of thiazole rings is 1. The van der Waals surface area contributed by atoms with Gasteiger partial charge in [0.2, 0.25) is 0 Å². The number of aromatic nitrogens is 1. The molecule has 26 heavy (non-hydrogen) atoms. The molecule has 132 valence electrons. The van der Waals surface area contributed by atoms with E-state index in [9.17, 15) is 4.79 Å². The van der Waals surface area contributed by atoms with E-state index < -0.39 is 5.97 Å². The third-order valence-corrected chi connectivity index (χ3v) is 5.78. The Morgan fingerprint density at radius 2 is 2.23 bits per heavy atom. The molecule has 0 atom stereocenters. The Balaban J connectivity index is 1.75. The van der Waals surface area contributed by atoms with E-state index in [1.165, 1.54) is 11.3 Å². The second-order valence-electron chi connectivity index (χ2n) is 5.10. The third-order valence-electron chi connectivity index (χ3n) is 3.26. The quantitative estimate of drug-likeness (QED) is 0.389. The summed E-state index contributed by atoms with van der Waals surface area (Å²) in [4.78, 5) is 17.9. The lowest BCUT2D eigenvalue weighted by Crippen LogP contribution is -2.13. The van der Waals surface area contributed by atoms with Gasteiger partial charge in [0, 0.05) is 11.4 Å². The first-order valence-corrected chi connectivity index (χ1v) is 10.2. The van der Waals surface area contributed by atoms with E-state index in [-0.39, 0.29) is 12.2 Å². The van der Waals surface area contributed by atoms with Crippen molar-refractivity contribution >= 4 is 44.6 Å². The molecule has 3 rings (SSSR count). The Labute approximate surface area is 167 Å². The van der Waals surface area contributed by atoms with Crippen LogP contribution in [0.2, 0.25) is 0 Å². The van der Waals surface area contributed by atoms with Crippen molar-refractivity contribution < 1.29 is 14.3 Å². The van der Waals surface area contributed by atoms with Crippen LogP contribution in [0.15, 0.2) is 39.5 Å². The molecule has 0 bridgehead atoms. The van der Waals surface area contributed by atoms with Gasteiger partial charge >= 0.3 is 5.97 Å². The van der Waals surface area contributed by atoms with Gasteiger partial charge in [-0.1, -0.05) is 6.07 Å². The number of hydrogen-bond acceptors (Lipinski definition) is 7. The molecule has 1 aromatic carbocycles. The van der Waals surface area contributed by atoms with Crippen LogP contribution in [0.25, 0.3) is 9.88 Å². The third kappa shape index (κ3) is 4.30. The lowest BCUT2D eigenvalue weighted by Gasteiger charge is -2.12. The predicted octanol–water partition coefficient (Wildman–Crippen LogP) is 5.05. The fourth-order valence-corrected chi connectivity index (χ4v) is 4.35. The standard InChI is InChI=1S/C18H13BrN2O3S2/c1-2-23-14-7-11(9-20)6-13(19)17(14)24-16(22)8-12-10-26-18(21-12)15-4-3-5-25-15/h3-7,10H,2,8H2,1H3. The van der Waals surface area contributed by atoms with Crippen molar-refractivity contribution in [1.82, 2.24) is 4.98 Å². The van der Waals surface area contributed by atoms with Crippen molar-refractivity contribution in [2.45, 2.75) is 13.3 Å². The summed E-state index contributed by atoms with van der Waals surface area (Å²) in [5, 5.41) is 13.8. The van der Waals surface area contributed by atoms with E-state index in [1.54, 1.807) is 23.5 Å². The van der Waals surface area contributed by atoms with E-state index in [2.05, 4.69) is 20.9 Å². The molecule has 0 radical (unpaired) electrons. The van der Waals surface area contributed by atoms with Crippen molar-refractivity contribution in [1.29, 1.82) is 5.26 Å². The molecule has 0 aliphatic heterocycles. The molecule has 0 unspecified atom stereocenters. The number of esters is 1. The topological polar surface area (TPSA) is 72.2 Å². The number of benzene rings is 1. The fourth-order valence-electron chi connectivity index (χ4n) is 2.19. The van der Waals surface area contributed by atoms with Crippen LogP contribution < -0.4 is 9.47 Å². The zero-order valence-corrected chi connectivity index (χ0v) is 16.9. The molecule has 0 fully saturated rings. The molecule has 0 amide bonds. The van der Waals surface area contributed by atoms with Crippen molar-refractivity contribution in [2.24, 2.45) is 0 Å². The van der Waals surface area contributed by atoms with Gasteiger partial charge in [0.05, 0.1) is 39.7 Å². The van der Waals surface area contributed by atoms with E-state index in [4.69, 9.17) is 14.7 Å². The highest BCUT2D eigenvalue weighted by atomic mass is 79.9. The number of nitrogens with zero attached hydrogens (tertiary/aromatic N) is 2. The van der Waals surface area contributed by atoms with Crippen LogP contribution in [0, 0.1) is 11.3 Å². The number of carbonyl (C=O) groups excluding carboxylic acids is 1. The number of halogens is 1. The molecule has 0 aliphatic carbocycles. The number of rotatable bonds is 6. The normalized spacial score (nSPS) is 10.3. The summed E-state index contributed by atoms with van der Waals surface area (Å²) >= 11 is 6.44. The molecule has 5 nitrogen and oxygen atoms in total. The van der Waals surface area contributed by atoms with E-state index in [0.717, 1.165) is 9.88 Å². The van der Waals surface area contributed by atoms with Gasteiger partial charge in [-0.25, -0.2) is 4.98 Å². The summed E-state index contributed by atoms with van der Waals surface area (Å²) in [5.41, 5.74) is 1.08. The second kappa shape index (κ2) is 8.45. The van der Waals surface area contributed by atoms with Crippen LogP contribution in [-0.4, -0.2) is 17.6 Å². The molecular formula is C18H13BrN2O3S2. The van der Waals surface area contributed by atoms with Crippen molar-refractivity contribution in [2.75, 3.05) is 6.61 Å². The Hall–Kier alpha value is -2.21. The number of ether oxygens (including phenoxy) is 2. The van der Waals surface area contributed by atoms with E-state index >= 15 is 0 Å². The highest BCUT2D eigenvalue weighted by Crippen LogP contribution is 2.37. The molecule has 2 heterocycles. The Morgan fingerprint density at radius 1 is 1.38 bits per heavy atom. The van der Waals surface area contributed by atoms with Gasteiger partial charge in [0.15, 0.2) is 11.5 Å². The maximum atomic E-state index is 12.3. The van der Waals surface area contributed by atoms with Gasteiger partial charge < -0.3 is 9.47 Å². The first-order valence-electron chi connectivity index (χ1n) is 7.66. The van der Waals surface area contributed by atoms with Crippen LogP contribution in [0.5, 0.6) is 11.5 Å². The number of carbonyl (C=O) groups is 1. The van der Waals surface area contributed by atoms with Gasteiger partial charge in [0.25, 0.3) is 0 Å². The van der Waals surface area contributed by atoms with Gasteiger partial charge in [-0.3, -0.25) is 4.79 Å². The first-order chi connectivity index (χ1) is 12.6. The van der Waals surface area contributed by atoms with Crippen LogP contribution in [-0.2, 0) is 11.2 Å². The highest BCUT2D eigenvalue weighted by molar-refractivity contribution is 9.10. The summed E-state index contributed by atoms with van der Waals surface area (Å²) in [6.45, 7) is 2.21. The Morgan fingerprint density at radius 3 is 2.92 bits per heavy atom. The molecule has 0 N–H and O–H groups in total.